The molecule has 0 atom stereocenters. The Labute approximate surface area is 162 Å². The standard InChI is InChI=1S/C17H14F2N2O5S2/c1-25-13-7-9(3-6-12(13)26-16(18)19)15(22)21-17-20-11-5-4-10(28(2,23)24)8-14(11)27-17/h3-8,16H,1-2H3,(H,20,21,22). The zero-order valence-corrected chi connectivity index (χ0v) is 16.2. The molecular weight excluding hydrogens is 414 g/mol. The van der Waals surface area contributed by atoms with Crippen molar-refractivity contribution in [2.24, 2.45) is 0 Å². The number of fused-ring (bicyclic) bond motifs is 1. The summed E-state index contributed by atoms with van der Waals surface area (Å²) >= 11 is 1.11. The number of alkyl halides is 2. The molecule has 0 aliphatic carbocycles. The number of benzene rings is 2. The van der Waals surface area contributed by atoms with Gasteiger partial charge in [-0.15, -0.1) is 0 Å². The van der Waals surface area contributed by atoms with E-state index >= 15 is 0 Å². The van der Waals surface area contributed by atoms with Gasteiger partial charge in [0.25, 0.3) is 5.91 Å². The molecule has 0 spiro atoms. The van der Waals surface area contributed by atoms with Crippen LogP contribution < -0.4 is 14.8 Å². The van der Waals surface area contributed by atoms with Gasteiger partial charge in [-0.3, -0.25) is 10.1 Å². The van der Waals surface area contributed by atoms with E-state index < -0.39 is 22.4 Å². The van der Waals surface area contributed by atoms with Gasteiger partial charge in [-0.1, -0.05) is 11.3 Å². The highest BCUT2D eigenvalue weighted by Gasteiger charge is 2.16. The Morgan fingerprint density at radius 1 is 1.18 bits per heavy atom. The van der Waals surface area contributed by atoms with Crippen LogP contribution in [0.4, 0.5) is 13.9 Å². The lowest BCUT2D eigenvalue weighted by molar-refractivity contribution is -0.0512. The van der Waals surface area contributed by atoms with Gasteiger partial charge in [0.05, 0.1) is 22.2 Å². The van der Waals surface area contributed by atoms with Crippen LogP contribution in [0.15, 0.2) is 41.3 Å². The SMILES string of the molecule is COc1cc(C(=O)Nc2nc3ccc(S(C)(=O)=O)cc3s2)ccc1OC(F)F. The molecule has 3 aromatic rings. The van der Waals surface area contributed by atoms with Gasteiger partial charge in [0.2, 0.25) is 0 Å². The summed E-state index contributed by atoms with van der Waals surface area (Å²) in [6.07, 6.45) is 1.10. The molecule has 1 heterocycles. The third-order valence-electron chi connectivity index (χ3n) is 3.65. The molecule has 1 N–H and O–H groups in total. The number of thiazole rings is 1. The summed E-state index contributed by atoms with van der Waals surface area (Å²) < 4.78 is 57.9. The van der Waals surface area contributed by atoms with E-state index in [9.17, 15) is 22.0 Å². The largest absolute Gasteiger partial charge is 0.493 e. The van der Waals surface area contributed by atoms with Gasteiger partial charge in [-0.2, -0.15) is 8.78 Å². The van der Waals surface area contributed by atoms with Crippen molar-refractivity contribution in [1.82, 2.24) is 4.98 Å². The molecule has 0 fully saturated rings. The number of halogens is 2. The molecule has 148 valence electrons. The number of hydrogen-bond donors (Lipinski definition) is 1. The first-order chi connectivity index (χ1) is 13.2. The quantitative estimate of drug-likeness (QED) is 0.645. The van der Waals surface area contributed by atoms with Crippen LogP contribution in [-0.2, 0) is 9.84 Å². The molecular formula is C17H14F2N2O5S2. The summed E-state index contributed by atoms with van der Waals surface area (Å²) in [5.41, 5.74) is 0.681. The molecule has 0 aliphatic rings. The lowest BCUT2D eigenvalue weighted by Gasteiger charge is -2.11. The molecule has 2 aromatic carbocycles. The van der Waals surface area contributed by atoms with Crippen molar-refractivity contribution in [3.05, 3.63) is 42.0 Å². The van der Waals surface area contributed by atoms with E-state index in [1.807, 2.05) is 0 Å². The Kier molecular flexibility index (Phi) is 5.47. The molecule has 0 unspecified atom stereocenters. The lowest BCUT2D eigenvalue weighted by Crippen LogP contribution is -2.12. The highest BCUT2D eigenvalue weighted by Crippen LogP contribution is 2.31. The Morgan fingerprint density at radius 3 is 2.57 bits per heavy atom. The number of nitrogens with one attached hydrogen (secondary N) is 1. The zero-order valence-electron chi connectivity index (χ0n) is 14.6. The summed E-state index contributed by atoms with van der Waals surface area (Å²) in [5.74, 6) is -0.748. The smallest absolute Gasteiger partial charge is 0.387 e. The minimum Gasteiger partial charge on any atom is -0.493 e. The highest BCUT2D eigenvalue weighted by atomic mass is 32.2. The summed E-state index contributed by atoms with van der Waals surface area (Å²) in [6.45, 7) is -3.02. The van der Waals surface area contributed by atoms with Gasteiger partial charge in [0.15, 0.2) is 26.5 Å². The molecule has 0 saturated heterocycles. The zero-order chi connectivity index (χ0) is 20.5. The number of nitrogens with zero attached hydrogens (tertiary/aromatic N) is 1. The fourth-order valence-electron chi connectivity index (χ4n) is 2.36. The Balaban J connectivity index is 1.84. The molecule has 3 rings (SSSR count). The van der Waals surface area contributed by atoms with Crippen molar-refractivity contribution in [2.45, 2.75) is 11.5 Å². The summed E-state index contributed by atoms with van der Waals surface area (Å²) in [5, 5.41) is 2.85. The summed E-state index contributed by atoms with van der Waals surface area (Å²) in [6, 6.07) is 8.26. The number of aromatic nitrogens is 1. The minimum atomic E-state index is -3.36. The molecule has 0 saturated carbocycles. The van der Waals surface area contributed by atoms with Crippen molar-refractivity contribution < 1.29 is 31.5 Å². The van der Waals surface area contributed by atoms with E-state index in [2.05, 4.69) is 15.0 Å². The second kappa shape index (κ2) is 7.68. The van der Waals surface area contributed by atoms with Crippen molar-refractivity contribution in [3.8, 4) is 11.5 Å². The molecule has 1 aromatic heterocycles. The monoisotopic (exact) mass is 428 g/mol. The number of carbonyl (C=O) groups is 1. The van der Waals surface area contributed by atoms with Crippen LogP contribution in [0, 0.1) is 0 Å². The van der Waals surface area contributed by atoms with E-state index in [0.717, 1.165) is 17.6 Å². The van der Waals surface area contributed by atoms with Crippen molar-refractivity contribution >= 4 is 42.4 Å². The average Bonchev–Trinajstić information content (AvgIpc) is 3.02. The molecule has 28 heavy (non-hydrogen) atoms. The first-order valence-electron chi connectivity index (χ1n) is 7.72. The van der Waals surface area contributed by atoms with E-state index in [-0.39, 0.29) is 27.1 Å². The predicted octanol–water partition coefficient (Wildman–Crippen LogP) is 3.56. The van der Waals surface area contributed by atoms with Crippen LogP contribution >= 0.6 is 11.3 Å². The van der Waals surface area contributed by atoms with Gasteiger partial charge in [-0.25, -0.2) is 13.4 Å². The molecule has 7 nitrogen and oxygen atoms in total. The Hall–Kier alpha value is -2.79. The summed E-state index contributed by atoms with van der Waals surface area (Å²) in [7, 11) is -2.09. The molecule has 0 bridgehead atoms. The maximum atomic E-state index is 12.4. The Morgan fingerprint density at radius 2 is 1.93 bits per heavy atom. The van der Waals surface area contributed by atoms with Gasteiger partial charge in [0.1, 0.15) is 0 Å². The number of amides is 1. The maximum absolute atomic E-state index is 12.4. The van der Waals surface area contributed by atoms with Crippen molar-refractivity contribution in [3.63, 3.8) is 0 Å². The maximum Gasteiger partial charge on any atom is 0.387 e. The predicted molar refractivity (Wildman–Crippen MR) is 100 cm³/mol. The average molecular weight is 428 g/mol. The number of sulfone groups is 1. The van der Waals surface area contributed by atoms with E-state index in [1.165, 1.54) is 37.4 Å². The fourth-order valence-corrected chi connectivity index (χ4v) is 3.98. The second-order valence-electron chi connectivity index (χ2n) is 5.62. The van der Waals surface area contributed by atoms with Gasteiger partial charge in [-0.05, 0) is 36.4 Å². The number of anilines is 1. The normalized spacial score (nSPS) is 11.6. The van der Waals surface area contributed by atoms with Gasteiger partial charge < -0.3 is 9.47 Å². The summed E-state index contributed by atoms with van der Waals surface area (Å²) in [4.78, 5) is 16.8. The number of rotatable bonds is 6. The van der Waals surface area contributed by atoms with E-state index in [0.29, 0.717) is 10.2 Å². The number of hydrogen-bond acceptors (Lipinski definition) is 7. The van der Waals surface area contributed by atoms with Crippen LogP contribution in [0.5, 0.6) is 11.5 Å². The van der Waals surface area contributed by atoms with Crippen molar-refractivity contribution in [1.29, 1.82) is 0 Å². The molecule has 11 heteroatoms. The minimum absolute atomic E-state index is 0.0185. The van der Waals surface area contributed by atoms with Crippen LogP contribution in [0.3, 0.4) is 0 Å². The van der Waals surface area contributed by atoms with Crippen LogP contribution in [0.1, 0.15) is 10.4 Å². The second-order valence-corrected chi connectivity index (χ2v) is 8.67. The highest BCUT2D eigenvalue weighted by molar-refractivity contribution is 7.90. The van der Waals surface area contributed by atoms with Gasteiger partial charge >= 0.3 is 6.61 Å². The topological polar surface area (TPSA) is 94.6 Å². The number of methoxy groups -OCH3 is 1. The van der Waals surface area contributed by atoms with E-state index in [1.54, 1.807) is 6.07 Å². The van der Waals surface area contributed by atoms with Gasteiger partial charge in [0, 0.05) is 11.8 Å². The van der Waals surface area contributed by atoms with Crippen LogP contribution in [-0.4, -0.2) is 39.3 Å². The van der Waals surface area contributed by atoms with Crippen LogP contribution in [0.25, 0.3) is 10.2 Å². The number of carbonyl (C=O) groups excluding carboxylic acids is 1. The third-order valence-corrected chi connectivity index (χ3v) is 5.69. The third kappa shape index (κ3) is 4.37. The first kappa shape index (κ1) is 20.0. The van der Waals surface area contributed by atoms with E-state index in [4.69, 9.17) is 4.74 Å². The molecule has 0 radical (unpaired) electrons. The Bertz CT molecular complexity index is 1150. The lowest BCUT2D eigenvalue weighted by atomic mass is 10.2. The number of ether oxygens (including phenoxy) is 2. The first-order valence-corrected chi connectivity index (χ1v) is 10.4. The molecule has 1 amide bonds. The van der Waals surface area contributed by atoms with Crippen LogP contribution in [0.2, 0.25) is 0 Å². The fraction of sp³-hybridized carbons (Fsp3) is 0.176. The molecule has 0 aliphatic heterocycles. The van der Waals surface area contributed by atoms with Crippen molar-refractivity contribution in [2.75, 3.05) is 18.7 Å².